The first kappa shape index (κ1) is 14.5. The quantitative estimate of drug-likeness (QED) is 0.853. The summed E-state index contributed by atoms with van der Waals surface area (Å²) in [6, 6.07) is 10.8. The van der Waals surface area contributed by atoms with Crippen LogP contribution in [0.1, 0.15) is 31.4 Å². The van der Waals surface area contributed by atoms with E-state index in [-0.39, 0.29) is 12.0 Å². The highest BCUT2D eigenvalue weighted by Crippen LogP contribution is 2.23. The highest BCUT2D eigenvalue weighted by atomic mass is 16.5. The molecule has 2 atom stereocenters. The lowest BCUT2D eigenvalue weighted by Crippen LogP contribution is -2.50. The highest BCUT2D eigenvalue weighted by Gasteiger charge is 2.33. The number of carbonyl (C=O) groups is 1. The van der Waals surface area contributed by atoms with Gasteiger partial charge in [0, 0.05) is 32.2 Å². The van der Waals surface area contributed by atoms with Gasteiger partial charge >= 0.3 is 0 Å². The van der Waals surface area contributed by atoms with Gasteiger partial charge in [-0.3, -0.25) is 9.69 Å². The summed E-state index contributed by atoms with van der Waals surface area (Å²) >= 11 is 0. The molecule has 0 radical (unpaired) electrons. The second-order valence-corrected chi connectivity index (χ2v) is 5.97. The first-order valence-electron chi connectivity index (χ1n) is 7.95. The summed E-state index contributed by atoms with van der Waals surface area (Å²) in [5.74, 6) is 0.178. The summed E-state index contributed by atoms with van der Waals surface area (Å²) in [5, 5.41) is 0. The van der Waals surface area contributed by atoms with Crippen molar-refractivity contribution >= 4 is 5.91 Å². The molecule has 2 aliphatic heterocycles. The van der Waals surface area contributed by atoms with E-state index in [4.69, 9.17) is 4.74 Å². The molecule has 1 aromatic carbocycles. The Morgan fingerprint density at radius 1 is 1.19 bits per heavy atom. The maximum Gasteiger partial charge on any atom is 0.253 e. The van der Waals surface area contributed by atoms with Crippen LogP contribution in [0.2, 0.25) is 0 Å². The van der Waals surface area contributed by atoms with Crippen molar-refractivity contribution in [3.05, 3.63) is 35.9 Å². The Labute approximate surface area is 126 Å². The Morgan fingerprint density at radius 3 is 2.62 bits per heavy atom. The van der Waals surface area contributed by atoms with Crippen molar-refractivity contribution in [2.24, 2.45) is 0 Å². The summed E-state index contributed by atoms with van der Waals surface area (Å²) in [7, 11) is 0. The van der Waals surface area contributed by atoms with Crippen LogP contribution in [0.25, 0.3) is 0 Å². The molecule has 1 amide bonds. The number of morpholine rings is 1. The van der Waals surface area contributed by atoms with Crippen LogP contribution in [0.15, 0.2) is 30.3 Å². The van der Waals surface area contributed by atoms with Crippen molar-refractivity contribution in [1.29, 1.82) is 0 Å². The molecule has 2 aliphatic rings. The number of nitrogens with zero attached hydrogens (tertiary/aromatic N) is 2. The van der Waals surface area contributed by atoms with E-state index in [1.165, 1.54) is 5.56 Å². The van der Waals surface area contributed by atoms with E-state index in [0.29, 0.717) is 19.2 Å². The maximum atomic E-state index is 12.5. The molecule has 2 saturated heterocycles. The van der Waals surface area contributed by atoms with Gasteiger partial charge in [0.25, 0.3) is 5.91 Å². The molecule has 2 fully saturated rings. The van der Waals surface area contributed by atoms with Crippen LogP contribution in [0.3, 0.4) is 0 Å². The van der Waals surface area contributed by atoms with Gasteiger partial charge in [0.15, 0.2) is 0 Å². The van der Waals surface area contributed by atoms with E-state index in [0.717, 1.165) is 32.5 Å². The van der Waals surface area contributed by atoms with Crippen molar-refractivity contribution < 1.29 is 9.53 Å². The zero-order valence-corrected chi connectivity index (χ0v) is 12.7. The molecule has 0 aromatic heterocycles. The van der Waals surface area contributed by atoms with Gasteiger partial charge < -0.3 is 9.64 Å². The molecule has 4 heteroatoms. The van der Waals surface area contributed by atoms with Crippen LogP contribution in [0.5, 0.6) is 0 Å². The van der Waals surface area contributed by atoms with Crippen LogP contribution in [0.4, 0.5) is 0 Å². The maximum absolute atomic E-state index is 12.5. The summed E-state index contributed by atoms with van der Waals surface area (Å²) in [6.07, 6.45) is 1.97. The van der Waals surface area contributed by atoms with Gasteiger partial charge in [0.2, 0.25) is 0 Å². The predicted molar refractivity (Wildman–Crippen MR) is 82.0 cm³/mol. The van der Waals surface area contributed by atoms with Crippen molar-refractivity contribution in [3.63, 3.8) is 0 Å². The summed E-state index contributed by atoms with van der Waals surface area (Å²) < 4.78 is 5.74. The van der Waals surface area contributed by atoms with Crippen LogP contribution in [0, 0.1) is 0 Å². The van der Waals surface area contributed by atoms with E-state index in [2.05, 4.69) is 36.1 Å². The number of amides is 1. The number of hydrogen-bond donors (Lipinski definition) is 0. The van der Waals surface area contributed by atoms with E-state index in [1.807, 2.05) is 11.0 Å². The third-order valence-electron chi connectivity index (χ3n) is 4.62. The molecule has 0 aliphatic carbocycles. The van der Waals surface area contributed by atoms with E-state index >= 15 is 0 Å². The fourth-order valence-corrected chi connectivity index (χ4v) is 3.25. The Hall–Kier alpha value is -1.39. The zero-order valence-electron chi connectivity index (χ0n) is 12.7. The smallest absolute Gasteiger partial charge is 0.253 e. The van der Waals surface area contributed by atoms with Gasteiger partial charge in [-0.25, -0.2) is 0 Å². The minimum absolute atomic E-state index is 0.178. The zero-order chi connectivity index (χ0) is 14.7. The van der Waals surface area contributed by atoms with Crippen molar-refractivity contribution in [2.75, 3.05) is 32.8 Å². The molecule has 0 N–H and O–H groups in total. The number of benzene rings is 1. The van der Waals surface area contributed by atoms with Crippen LogP contribution in [-0.2, 0) is 9.53 Å². The van der Waals surface area contributed by atoms with Crippen molar-refractivity contribution in [2.45, 2.75) is 31.9 Å². The number of hydrogen-bond acceptors (Lipinski definition) is 3. The van der Waals surface area contributed by atoms with Gasteiger partial charge in [-0.15, -0.1) is 0 Å². The lowest BCUT2D eigenvalue weighted by molar-refractivity contribution is -0.149. The Kier molecular flexibility index (Phi) is 4.56. The number of rotatable bonds is 3. The lowest BCUT2D eigenvalue weighted by Gasteiger charge is -2.37. The summed E-state index contributed by atoms with van der Waals surface area (Å²) in [5.41, 5.74) is 1.30. The van der Waals surface area contributed by atoms with Gasteiger partial charge in [0.1, 0.15) is 6.10 Å². The predicted octanol–water partition coefficient (Wildman–Crippen LogP) is 2.07. The topological polar surface area (TPSA) is 32.8 Å². The van der Waals surface area contributed by atoms with Gasteiger partial charge in [-0.05, 0) is 25.3 Å². The van der Waals surface area contributed by atoms with Gasteiger partial charge in [-0.2, -0.15) is 0 Å². The first-order valence-corrected chi connectivity index (χ1v) is 7.95. The monoisotopic (exact) mass is 288 g/mol. The largest absolute Gasteiger partial charge is 0.366 e. The average Bonchev–Trinajstić information content (AvgIpc) is 3.09. The van der Waals surface area contributed by atoms with E-state index < -0.39 is 0 Å². The SMILES string of the molecule is CC(c1ccccc1)N1CCOC(C(=O)N2CCCC2)C1. The molecule has 114 valence electrons. The molecule has 0 spiro atoms. The third-order valence-corrected chi connectivity index (χ3v) is 4.62. The molecule has 3 rings (SSSR count). The lowest BCUT2D eigenvalue weighted by atomic mass is 10.1. The molecular formula is C17H24N2O2. The third kappa shape index (κ3) is 3.27. The van der Waals surface area contributed by atoms with E-state index in [1.54, 1.807) is 0 Å². The molecule has 0 saturated carbocycles. The average molecular weight is 288 g/mol. The van der Waals surface area contributed by atoms with E-state index in [9.17, 15) is 4.79 Å². The molecule has 2 unspecified atom stereocenters. The summed E-state index contributed by atoms with van der Waals surface area (Å²) in [4.78, 5) is 16.8. The standard InChI is InChI=1S/C17H24N2O2/c1-14(15-7-3-2-4-8-15)19-11-12-21-16(13-19)17(20)18-9-5-6-10-18/h2-4,7-8,14,16H,5-6,9-13H2,1H3. The molecule has 2 heterocycles. The van der Waals surface area contributed by atoms with Crippen LogP contribution >= 0.6 is 0 Å². The Bertz CT molecular complexity index is 471. The molecule has 21 heavy (non-hydrogen) atoms. The Balaban J connectivity index is 1.64. The fraction of sp³-hybridized carbons (Fsp3) is 0.588. The Morgan fingerprint density at radius 2 is 1.90 bits per heavy atom. The molecule has 4 nitrogen and oxygen atoms in total. The first-order chi connectivity index (χ1) is 10.3. The van der Waals surface area contributed by atoms with Gasteiger partial charge in [0.05, 0.1) is 6.61 Å². The fourth-order valence-electron chi connectivity index (χ4n) is 3.25. The second kappa shape index (κ2) is 6.58. The van der Waals surface area contributed by atoms with Crippen LogP contribution < -0.4 is 0 Å². The van der Waals surface area contributed by atoms with Gasteiger partial charge in [-0.1, -0.05) is 30.3 Å². The normalized spacial score (nSPS) is 25.0. The number of likely N-dealkylation sites (tertiary alicyclic amines) is 1. The minimum atomic E-state index is -0.289. The van der Waals surface area contributed by atoms with Crippen LogP contribution in [-0.4, -0.2) is 54.6 Å². The van der Waals surface area contributed by atoms with Crippen molar-refractivity contribution in [1.82, 2.24) is 9.80 Å². The number of ether oxygens (including phenoxy) is 1. The number of carbonyl (C=O) groups excluding carboxylic acids is 1. The molecule has 0 bridgehead atoms. The minimum Gasteiger partial charge on any atom is -0.366 e. The second-order valence-electron chi connectivity index (χ2n) is 5.97. The van der Waals surface area contributed by atoms with Crippen molar-refractivity contribution in [3.8, 4) is 0 Å². The summed E-state index contributed by atoms with van der Waals surface area (Å²) in [6.45, 7) is 6.23. The molecule has 1 aromatic rings. The molecular weight excluding hydrogens is 264 g/mol. The highest BCUT2D eigenvalue weighted by molar-refractivity contribution is 5.81.